The molecule has 0 radical (unpaired) electrons. The van der Waals surface area contributed by atoms with Crippen LogP contribution >= 0.6 is 38.6 Å². The Hall–Kier alpha value is -1.49. The van der Waals surface area contributed by atoms with Crippen LogP contribution in [0.3, 0.4) is 0 Å². The van der Waals surface area contributed by atoms with E-state index in [1.165, 1.54) is 17.4 Å². The van der Waals surface area contributed by atoms with Gasteiger partial charge in [-0.05, 0) is 53.2 Å². The van der Waals surface area contributed by atoms with Crippen LogP contribution in [0.25, 0.3) is 10.2 Å². The number of thiazole rings is 1. The van der Waals surface area contributed by atoms with Crippen molar-refractivity contribution in [1.82, 2.24) is 4.98 Å². The maximum absolute atomic E-state index is 12.2. The van der Waals surface area contributed by atoms with Gasteiger partial charge in [-0.1, -0.05) is 11.3 Å². The Balaban J connectivity index is 1.63. The van der Waals surface area contributed by atoms with Gasteiger partial charge in [-0.15, -0.1) is 11.3 Å². The molecular weight excluding hydrogens is 460 g/mol. The van der Waals surface area contributed by atoms with E-state index in [0.717, 1.165) is 31.1 Å². The number of ether oxygens (including phenoxy) is 1. The number of thiophene rings is 1. The van der Waals surface area contributed by atoms with E-state index in [4.69, 9.17) is 4.74 Å². The SMILES string of the molecule is CCOc1ccc2nc(NC(=O)CCS(=O)(=O)c3ccc(Br)s3)sc2c1. The number of hydrogen-bond acceptors (Lipinski definition) is 7. The van der Waals surface area contributed by atoms with Crippen molar-refractivity contribution in [1.29, 1.82) is 0 Å². The average Bonchev–Trinajstić information content (AvgIpc) is 3.19. The molecule has 0 unspecified atom stereocenters. The normalized spacial score (nSPS) is 11.6. The number of anilines is 1. The quantitative estimate of drug-likeness (QED) is 0.550. The summed E-state index contributed by atoms with van der Waals surface area (Å²) in [4.78, 5) is 16.4. The van der Waals surface area contributed by atoms with Gasteiger partial charge in [-0.25, -0.2) is 13.4 Å². The highest BCUT2D eigenvalue weighted by Gasteiger charge is 2.19. The minimum Gasteiger partial charge on any atom is -0.494 e. The second kappa shape index (κ2) is 8.03. The summed E-state index contributed by atoms with van der Waals surface area (Å²) in [6.45, 7) is 2.48. The van der Waals surface area contributed by atoms with Crippen LogP contribution < -0.4 is 10.1 Å². The van der Waals surface area contributed by atoms with E-state index in [1.807, 2.05) is 25.1 Å². The highest BCUT2D eigenvalue weighted by atomic mass is 79.9. The van der Waals surface area contributed by atoms with E-state index >= 15 is 0 Å². The Morgan fingerprint density at radius 2 is 2.08 bits per heavy atom. The standard InChI is InChI=1S/C16H15BrN2O4S3/c1-2-23-10-3-4-11-12(9-10)24-16(18-11)19-14(20)7-8-26(21,22)15-6-5-13(17)25-15/h3-6,9H,2,7-8H2,1H3,(H,18,19,20). The van der Waals surface area contributed by atoms with Crippen LogP contribution in [-0.4, -0.2) is 31.7 Å². The maximum Gasteiger partial charge on any atom is 0.227 e. The van der Waals surface area contributed by atoms with Crippen LogP contribution in [0.5, 0.6) is 5.75 Å². The van der Waals surface area contributed by atoms with Crippen molar-refractivity contribution in [2.45, 2.75) is 17.6 Å². The molecule has 0 saturated carbocycles. The maximum atomic E-state index is 12.2. The third kappa shape index (κ3) is 4.61. The van der Waals surface area contributed by atoms with E-state index in [-0.39, 0.29) is 22.3 Å². The fourth-order valence-corrected chi connectivity index (χ4v) is 6.50. The van der Waals surface area contributed by atoms with Crippen LogP contribution in [0.2, 0.25) is 0 Å². The monoisotopic (exact) mass is 474 g/mol. The molecule has 3 aromatic rings. The zero-order valence-corrected chi connectivity index (χ0v) is 17.7. The molecule has 10 heteroatoms. The van der Waals surface area contributed by atoms with Gasteiger partial charge in [0.1, 0.15) is 9.96 Å². The third-order valence-electron chi connectivity index (χ3n) is 3.37. The van der Waals surface area contributed by atoms with Gasteiger partial charge in [0.15, 0.2) is 15.0 Å². The van der Waals surface area contributed by atoms with Crippen molar-refractivity contribution in [3.8, 4) is 5.75 Å². The van der Waals surface area contributed by atoms with Crippen LogP contribution in [-0.2, 0) is 14.6 Å². The molecule has 1 amide bonds. The van der Waals surface area contributed by atoms with Crippen molar-refractivity contribution >= 4 is 69.7 Å². The highest BCUT2D eigenvalue weighted by Crippen LogP contribution is 2.30. The van der Waals surface area contributed by atoms with Gasteiger partial charge in [0.05, 0.1) is 26.4 Å². The van der Waals surface area contributed by atoms with Crippen molar-refractivity contribution in [2.75, 3.05) is 17.7 Å². The zero-order chi connectivity index (χ0) is 18.7. The fourth-order valence-electron chi connectivity index (χ4n) is 2.19. The van der Waals surface area contributed by atoms with Crippen molar-refractivity contribution in [3.63, 3.8) is 0 Å². The number of amides is 1. The molecule has 0 atom stereocenters. The summed E-state index contributed by atoms with van der Waals surface area (Å²) >= 11 is 5.69. The van der Waals surface area contributed by atoms with Crippen LogP contribution in [0.15, 0.2) is 38.3 Å². The Bertz CT molecular complexity index is 1040. The Morgan fingerprint density at radius 1 is 1.27 bits per heavy atom. The molecule has 26 heavy (non-hydrogen) atoms. The fraction of sp³-hybridized carbons (Fsp3) is 0.250. The van der Waals surface area contributed by atoms with Gasteiger partial charge in [0.2, 0.25) is 5.91 Å². The number of nitrogens with zero attached hydrogens (tertiary/aromatic N) is 1. The van der Waals surface area contributed by atoms with E-state index in [9.17, 15) is 13.2 Å². The lowest BCUT2D eigenvalue weighted by atomic mass is 10.3. The molecule has 0 aliphatic heterocycles. The number of nitrogens with one attached hydrogen (secondary N) is 1. The van der Waals surface area contributed by atoms with Gasteiger partial charge >= 0.3 is 0 Å². The van der Waals surface area contributed by atoms with E-state index in [2.05, 4.69) is 26.2 Å². The van der Waals surface area contributed by atoms with E-state index in [1.54, 1.807) is 6.07 Å². The molecule has 0 aliphatic rings. The third-order valence-corrected chi connectivity index (χ3v) is 8.22. The molecule has 138 valence electrons. The zero-order valence-electron chi connectivity index (χ0n) is 13.7. The van der Waals surface area contributed by atoms with Crippen molar-refractivity contribution < 1.29 is 17.9 Å². The number of carbonyl (C=O) groups is 1. The molecule has 2 aromatic heterocycles. The van der Waals surface area contributed by atoms with Gasteiger partial charge in [0, 0.05) is 6.42 Å². The number of halogens is 1. The molecular formula is C16H15BrN2O4S3. The van der Waals surface area contributed by atoms with Gasteiger partial charge < -0.3 is 10.1 Å². The van der Waals surface area contributed by atoms with Gasteiger partial charge in [-0.3, -0.25) is 4.79 Å². The molecule has 3 rings (SSSR count). The summed E-state index contributed by atoms with van der Waals surface area (Å²) in [5.74, 6) is 0.119. The minimum atomic E-state index is -3.47. The predicted molar refractivity (Wildman–Crippen MR) is 108 cm³/mol. The predicted octanol–water partition coefficient (Wildman–Crippen LogP) is 4.32. The van der Waals surface area contributed by atoms with E-state index < -0.39 is 9.84 Å². The summed E-state index contributed by atoms with van der Waals surface area (Å²) in [5, 5.41) is 3.11. The lowest BCUT2D eigenvalue weighted by Gasteiger charge is -2.02. The second-order valence-corrected chi connectivity index (χ2v) is 11.1. The topological polar surface area (TPSA) is 85.4 Å². The number of aromatic nitrogens is 1. The Labute approximate surface area is 167 Å². The number of carbonyl (C=O) groups excluding carboxylic acids is 1. The van der Waals surface area contributed by atoms with Crippen LogP contribution in [0.1, 0.15) is 13.3 Å². The first kappa shape index (κ1) is 19.3. The summed E-state index contributed by atoms with van der Waals surface area (Å²) in [6.07, 6.45) is -0.127. The number of fused-ring (bicyclic) bond motifs is 1. The second-order valence-electron chi connectivity index (χ2n) is 5.26. The lowest BCUT2D eigenvalue weighted by Crippen LogP contribution is -2.16. The molecule has 0 fully saturated rings. The summed E-state index contributed by atoms with van der Waals surface area (Å²) in [6, 6.07) is 8.72. The van der Waals surface area contributed by atoms with Crippen molar-refractivity contribution in [3.05, 3.63) is 34.1 Å². The summed E-state index contributed by atoms with van der Waals surface area (Å²) < 4.78 is 31.8. The smallest absolute Gasteiger partial charge is 0.227 e. The first-order valence-corrected chi connectivity index (χ1v) is 11.8. The molecule has 0 spiro atoms. The van der Waals surface area contributed by atoms with Crippen LogP contribution in [0.4, 0.5) is 5.13 Å². The number of sulfone groups is 1. The first-order valence-electron chi connectivity index (χ1n) is 7.69. The molecule has 0 aliphatic carbocycles. The highest BCUT2D eigenvalue weighted by molar-refractivity contribution is 9.11. The van der Waals surface area contributed by atoms with Gasteiger partial charge in [0.25, 0.3) is 0 Å². The number of rotatable bonds is 7. The minimum absolute atomic E-state index is 0.127. The number of hydrogen-bond donors (Lipinski definition) is 1. The largest absolute Gasteiger partial charge is 0.494 e. The molecule has 2 heterocycles. The molecule has 0 saturated heterocycles. The van der Waals surface area contributed by atoms with Crippen LogP contribution in [0, 0.1) is 0 Å². The molecule has 6 nitrogen and oxygen atoms in total. The van der Waals surface area contributed by atoms with E-state index in [0.29, 0.717) is 11.7 Å². The summed E-state index contributed by atoms with van der Waals surface area (Å²) in [5.41, 5.74) is 0.754. The Kier molecular flexibility index (Phi) is 5.96. The molecule has 1 N–H and O–H groups in total. The van der Waals surface area contributed by atoms with Gasteiger partial charge in [-0.2, -0.15) is 0 Å². The molecule has 1 aromatic carbocycles. The first-order chi connectivity index (χ1) is 12.4. The summed E-state index contributed by atoms with van der Waals surface area (Å²) in [7, 11) is -3.47. The molecule has 0 bridgehead atoms. The number of benzene rings is 1. The lowest BCUT2D eigenvalue weighted by molar-refractivity contribution is -0.115. The van der Waals surface area contributed by atoms with Crippen molar-refractivity contribution in [2.24, 2.45) is 0 Å². The Morgan fingerprint density at radius 3 is 2.77 bits per heavy atom. The average molecular weight is 475 g/mol.